The number of amides is 1. The monoisotopic (exact) mass is 482 g/mol. The molecule has 6 nitrogen and oxygen atoms in total. The zero-order valence-corrected chi connectivity index (χ0v) is 18.3. The number of carbonyl (C=O) groups excluding carboxylic acids is 1. The van der Waals surface area contributed by atoms with E-state index in [0.29, 0.717) is 6.54 Å². The first kappa shape index (κ1) is 24.1. The Balaban J connectivity index is 0.00000576. The van der Waals surface area contributed by atoms with Crippen molar-refractivity contribution < 1.29 is 9.53 Å². The molecule has 0 aromatic carbocycles. The third-order valence-electron chi connectivity index (χ3n) is 3.30. The van der Waals surface area contributed by atoms with E-state index in [1.807, 2.05) is 17.5 Å². The molecule has 0 saturated heterocycles. The lowest BCUT2D eigenvalue weighted by Crippen LogP contribution is -2.39. The first-order valence-corrected chi connectivity index (χ1v) is 9.49. The summed E-state index contributed by atoms with van der Waals surface area (Å²) in [6.07, 6.45) is 4.10. The zero-order chi connectivity index (χ0) is 17.5. The van der Waals surface area contributed by atoms with Crippen LogP contribution >= 0.6 is 35.3 Å². The van der Waals surface area contributed by atoms with Crippen LogP contribution in [0.1, 0.15) is 42.3 Å². The standard InChI is InChI=1S/C17H30N4O2S.HI/c1-3-4-12-23-13-7-11-21-17(18-2)20-10-6-9-19-16(22)15-8-5-14-24-15;/h5,8,14H,3-4,6-7,9-13H2,1-2H3,(H,19,22)(H2,18,20,21);1H. The fourth-order valence-electron chi connectivity index (χ4n) is 1.94. The highest BCUT2D eigenvalue weighted by Crippen LogP contribution is 2.07. The number of thiophene rings is 1. The molecule has 8 heteroatoms. The van der Waals surface area contributed by atoms with Crippen LogP contribution < -0.4 is 16.0 Å². The summed E-state index contributed by atoms with van der Waals surface area (Å²) in [7, 11) is 1.76. The van der Waals surface area contributed by atoms with Crippen LogP contribution in [0, 0.1) is 0 Å². The minimum Gasteiger partial charge on any atom is -0.381 e. The molecular formula is C17H31IN4O2S. The van der Waals surface area contributed by atoms with Crippen molar-refractivity contribution in [1.29, 1.82) is 0 Å². The Morgan fingerprint density at radius 1 is 1.12 bits per heavy atom. The molecule has 3 N–H and O–H groups in total. The fraction of sp³-hybridized carbons (Fsp3) is 0.647. The van der Waals surface area contributed by atoms with Gasteiger partial charge in [-0.3, -0.25) is 9.79 Å². The molecule has 0 aliphatic heterocycles. The highest BCUT2D eigenvalue weighted by molar-refractivity contribution is 14.0. The lowest BCUT2D eigenvalue weighted by molar-refractivity contribution is 0.0957. The average molecular weight is 482 g/mol. The molecule has 1 amide bonds. The van der Waals surface area contributed by atoms with Gasteiger partial charge in [-0.25, -0.2) is 0 Å². The molecular weight excluding hydrogens is 451 g/mol. The lowest BCUT2D eigenvalue weighted by Gasteiger charge is -2.12. The maximum Gasteiger partial charge on any atom is 0.261 e. The molecule has 0 spiro atoms. The summed E-state index contributed by atoms with van der Waals surface area (Å²) in [6, 6.07) is 3.71. The van der Waals surface area contributed by atoms with Gasteiger partial charge in [0.25, 0.3) is 5.91 Å². The summed E-state index contributed by atoms with van der Waals surface area (Å²) in [5.41, 5.74) is 0. The highest BCUT2D eigenvalue weighted by atomic mass is 127. The Hall–Kier alpha value is -0.870. The van der Waals surface area contributed by atoms with Crippen molar-refractivity contribution in [2.75, 3.05) is 39.9 Å². The Kier molecular flexibility index (Phi) is 16.0. The molecule has 0 bridgehead atoms. The number of carbonyl (C=O) groups is 1. The maximum absolute atomic E-state index is 11.8. The van der Waals surface area contributed by atoms with Crippen molar-refractivity contribution >= 4 is 47.2 Å². The Bertz CT molecular complexity index is 469. The van der Waals surface area contributed by atoms with Crippen LogP contribution in [0.25, 0.3) is 0 Å². The number of hydrogen-bond donors (Lipinski definition) is 3. The second kappa shape index (κ2) is 16.6. The minimum absolute atomic E-state index is 0. The van der Waals surface area contributed by atoms with Crippen LogP contribution in [-0.2, 0) is 4.74 Å². The molecule has 1 aromatic heterocycles. The number of hydrogen-bond acceptors (Lipinski definition) is 4. The molecule has 1 rings (SSSR count). The Morgan fingerprint density at radius 2 is 1.80 bits per heavy atom. The van der Waals surface area contributed by atoms with Gasteiger partial charge >= 0.3 is 0 Å². The van der Waals surface area contributed by atoms with Gasteiger partial charge in [0.1, 0.15) is 0 Å². The normalized spacial score (nSPS) is 10.9. The van der Waals surface area contributed by atoms with Crippen LogP contribution in [0.4, 0.5) is 0 Å². The van der Waals surface area contributed by atoms with Gasteiger partial charge in [0.2, 0.25) is 0 Å². The summed E-state index contributed by atoms with van der Waals surface area (Å²) >= 11 is 1.45. The summed E-state index contributed by atoms with van der Waals surface area (Å²) in [6.45, 7) is 6.03. The Labute approximate surface area is 172 Å². The smallest absolute Gasteiger partial charge is 0.261 e. The minimum atomic E-state index is -0.00409. The third kappa shape index (κ3) is 12.2. The molecule has 0 fully saturated rings. The number of guanidine groups is 1. The van der Waals surface area contributed by atoms with E-state index < -0.39 is 0 Å². The zero-order valence-electron chi connectivity index (χ0n) is 15.2. The lowest BCUT2D eigenvalue weighted by atomic mass is 10.3. The van der Waals surface area contributed by atoms with Gasteiger partial charge in [-0.2, -0.15) is 0 Å². The van der Waals surface area contributed by atoms with Crippen LogP contribution in [0.2, 0.25) is 0 Å². The predicted octanol–water partition coefficient (Wildman–Crippen LogP) is 2.86. The number of unbranched alkanes of at least 4 members (excludes halogenated alkanes) is 1. The topological polar surface area (TPSA) is 74.8 Å². The first-order valence-electron chi connectivity index (χ1n) is 8.62. The van der Waals surface area contributed by atoms with Crippen molar-refractivity contribution in [3.8, 4) is 0 Å². The number of nitrogens with zero attached hydrogens (tertiary/aromatic N) is 1. The quantitative estimate of drug-likeness (QED) is 0.185. The largest absolute Gasteiger partial charge is 0.381 e. The molecule has 0 aliphatic carbocycles. The van der Waals surface area contributed by atoms with E-state index in [4.69, 9.17) is 4.74 Å². The van der Waals surface area contributed by atoms with Crippen molar-refractivity contribution in [2.45, 2.75) is 32.6 Å². The fourth-order valence-corrected chi connectivity index (χ4v) is 2.58. The van der Waals surface area contributed by atoms with Crippen molar-refractivity contribution in [1.82, 2.24) is 16.0 Å². The average Bonchev–Trinajstić information content (AvgIpc) is 3.13. The van der Waals surface area contributed by atoms with Gasteiger partial charge < -0.3 is 20.7 Å². The number of rotatable bonds is 12. The van der Waals surface area contributed by atoms with Gasteiger partial charge in [-0.1, -0.05) is 19.4 Å². The van der Waals surface area contributed by atoms with E-state index in [9.17, 15) is 4.79 Å². The highest BCUT2D eigenvalue weighted by Gasteiger charge is 2.04. The molecule has 0 aliphatic rings. The van der Waals surface area contributed by atoms with Gasteiger partial charge in [-0.05, 0) is 30.7 Å². The van der Waals surface area contributed by atoms with Gasteiger partial charge in [0.05, 0.1) is 4.88 Å². The van der Waals surface area contributed by atoms with E-state index in [1.54, 1.807) is 7.05 Å². The third-order valence-corrected chi connectivity index (χ3v) is 4.17. The Morgan fingerprint density at radius 3 is 2.44 bits per heavy atom. The van der Waals surface area contributed by atoms with Crippen LogP contribution in [0.15, 0.2) is 22.5 Å². The summed E-state index contributed by atoms with van der Waals surface area (Å²) in [4.78, 5) is 16.7. The van der Waals surface area contributed by atoms with Gasteiger partial charge in [0, 0.05) is 39.9 Å². The molecule has 25 heavy (non-hydrogen) atoms. The second-order valence-corrected chi connectivity index (χ2v) is 6.28. The molecule has 0 saturated carbocycles. The van der Waals surface area contributed by atoms with E-state index in [0.717, 1.165) is 56.4 Å². The molecule has 0 atom stereocenters. The van der Waals surface area contributed by atoms with Gasteiger partial charge in [-0.15, -0.1) is 35.3 Å². The SMILES string of the molecule is CCCCOCCCNC(=NC)NCCCNC(=O)c1cccs1.I. The first-order chi connectivity index (χ1) is 11.8. The van der Waals surface area contributed by atoms with E-state index in [1.165, 1.54) is 17.8 Å². The van der Waals surface area contributed by atoms with Crippen LogP contribution in [-0.4, -0.2) is 51.8 Å². The number of nitrogens with one attached hydrogen (secondary N) is 3. The summed E-state index contributed by atoms with van der Waals surface area (Å²) < 4.78 is 5.52. The van der Waals surface area contributed by atoms with Crippen LogP contribution in [0.5, 0.6) is 0 Å². The molecule has 144 valence electrons. The second-order valence-electron chi connectivity index (χ2n) is 5.33. The molecule has 0 radical (unpaired) electrons. The van der Waals surface area contributed by atoms with Crippen LogP contribution in [0.3, 0.4) is 0 Å². The number of halogens is 1. The molecule has 1 heterocycles. The molecule has 0 unspecified atom stereocenters. The van der Waals surface area contributed by atoms with Crippen molar-refractivity contribution in [2.24, 2.45) is 4.99 Å². The summed E-state index contributed by atoms with van der Waals surface area (Å²) in [5.74, 6) is 0.781. The van der Waals surface area contributed by atoms with Crippen molar-refractivity contribution in [3.05, 3.63) is 22.4 Å². The maximum atomic E-state index is 11.8. The van der Waals surface area contributed by atoms with E-state index in [-0.39, 0.29) is 29.9 Å². The van der Waals surface area contributed by atoms with Gasteiger partial charge in [0.15, 0.2) is 5.96 Å². The molecule has 1 aromatic rings. The predicted molar refractivity (Wildman–Crippen MR) is 116 cm³/mol. The number of ether oxygens (including phenoxy) is 1. The number of aliphatic imine (C=N–C) groups is 1. The van der Waals surface area contributed by atoms with Crippen molar-refractivity contribution in [3.63, 3.8) is 0 Å². The van der Waals surface area contributed by atoms with E-state index in [2.05, 4.69) is 27.9 Å². The summed E-state index contributed by atoms with van der Waals surface area (Å²) in [5, 5.41) is 11.3. The van der Waals surface area contributed by atoms with E-state index >= 15 is 0 Å².